The van der Waals surface area contributed by atoms with E-state index in [9.17, 15) is 9.18 Å². The lowest BCUT2D eigenvalue weighted by atomic mass is 9.84. The van der Waals surface area contributed by atoms with Crippen LogP contribution >= 0.6 is 0 Å². The second kappa shape index (κ2) is 5.17. The van der Waals surface area contributed by atoms with Gasteiger partial charge in [-0.05, 0) is 55.7 Å². The summed E-state index contributed by atoms with van der Waals surface area (Å²) in [4.78, 5) is 12.4. The molecule has 0 aliphatic heterocycles. The molecule has 1 aromatic carbocycles. The molecular formula is C16H21FN2O. The van der Waals surface area contributed by atoms with E-state index in [0.29, 0.717) is 11.8 Å². The van der Waals surface area contributed by atoms with Gasteiger partial charge in [-0.2, -0.15) is 0 Å². The molecule has 4 unspecified atom stereocenters. The van der Waals surface area contributed by atoms with E-state index in [4.69, 9.17) is 5.73 Å². The first-order valence-electron chi connectivity index (χ1n) is 7.37. The highest BCUT2D eigenvalue weighted by Gasteiger charge is 2.49. The maximum atomic E-state index is 12.9. The van der Waals surface area contributed by atoms with E-state index in [0.717, 1.165) is 18.4 Å². The number of nitrogens with one attached hydrogen (secondary N) is 1. The van der Waals surface area contributed by atoms with E-state index >= 15 is 0 Å². The average Bonchev–Trinajstić information content (AvgIpc) is 2.99. The maximum Gasteiger partial charge on any atom is 0.225 e. The van der Waals surface area contributed by atoms with Gasteiger partial charge in [0.25, 0.3) is 0 Å². The van der Waals surface area contributed by atoms with Gasteiger partial charge in [0.15, 0.2) is 0 Å². The number of fused-ring (bicyclic) bond motifs is 2. The minimum absolute atomic E-state index is 0.00849. The van der Waals surface area contributed by atoms with Gasteiger partial charge in [0.05, 0.1) is 12.0 Å². The Kier molecular flexibility index (Phi) is 3.50. The van der Waals surface area contributed by atoms with Gasteiger partial charge in [-0.25, -0.2) is 4.39 Å². The van der Waals surface area contributed by atoms with Crippen molar-refractivity contribution in [3.05, 3.63) is 35.6 Å². The van der Waals surface area contributed by atoms with Crippen LogP contribution in [0.15, 0.2) is 24.3 Å². The summed E-state index contributed by atoms with van der Waals surface area (Å²) in [6.45, 7) is 1.92. The maximum absolute atomic E-state index is 12.9. The molecule has 1 amide bonds. The van der Waals surface area contributed by atoms with E-state index in [2.05, 4.69) is 5.32 Å². The molecule has 0 aromatic heterocycles. The lowest BCUT2D eigenvalue weighted by Gasteiger charge is -2.28. The van der Waals surface area contributed by atoms with Crippen molar-refractivity contribution >= 4 is 5.91 Å². The number of nitrogens with two attached hydrogens (primary N) is 1. The number of benzene rings is 1. The molecule has 5 atom stereocenters. The van der Waals surface area contributed by atoms with E-state index in [1.807, 2.05) is 6.92 Å². The molecular weight excluding hydrogens is 255 g/mol. The van der Waals surface area contributed by atoms with Gasteiger partial charge in [0.2, 0.25) is 5.91 Å². The first-order valence-corrected chi connectivity index (χ1v) is 7.37. The molecule has 108 valence electrons. The smallest absolute Gasteiger partial charge is 0.225 e. The predicted octanol–water partition coefficient (Wildman–Crippen LogP) is 2.38. The molecule has 3 rings (SSSR count). The van der Waals surface area contributed by atoms with Crippen LogP contribution in [-0.4, -0.2) is 11.9 Å². The van der Waals surface area contributed by atoms with Crippen molar-refractivity contribution in [2.24, 2.45) is 23.5 Å². The van der Waals surface area contributed by atoms with Gasteiger partial charge in [-0.3, -0.25) is 4.79 Å². The SMILES string of the molecule is C[C@H](NC(=O)C1C2CCC(C2)C1N)c1ccc(F)cc1. The summed E-state index contributed by atoms with van der Waals surface area (Å²) in [7, 11) is 0. The van der Waals surface area contributed by atoms with Crippen LogP contribution in [0.2, 0.25) is 0 Å². The summed E-state index contributed by atoms with van der Waals surface area (Å²) in [5.74, 6) is 0.730. The summed E-state index contributed by atoms with van der Waals surface area (Å²) in [5, 5.41) is 3.03. The normalized spacial score (nSPS) is 33.1. The number of hydrogen-bond donors (Lipinski definition) is 2. The molecule has 3 N–H and O–H groups in total. The van der Waals surface area contributed by atoms with Crippen LogP contribution in [0, 0.1) is 23.6 Å². The Labute approximate surface area is 118 Å². The fourth-order valence-electron chi connectivity index (χ4n) is 3.87. The highest BCUT2D eigenvalue weighted by atomic mass is 19.1. The first kappa shape index (κ1) is 13.6. The number of carbonyl (C=O) groups is 1. The van der Waals surface area contributed by atoms with Gasteiger partial charge in [0, 0.05) is 6.04 Å². The fraction of sp³-hybridized carbons (Fsp3) is 0.562. The van der Waals surface area contributed by atoms with Crippen LogP contribution in [0.5, 0.6) is 0 Å². The minimum Gasteiger partial charge on any atom is -0.349 e. The molecule has 20 heavy (non-hydrogen) atoms. The second-order valence-electron chi connectivity index (χ2n) is 6.22. The summed E-state index contributed by atoms with van der Waals surface area (Å²) in [6.07, 6.45) is 3.40. The molecule has 2 bridgehead atoms. The molecule has 2 fully saturated rings. The lowest BCUT2D eigenvalue weighted by Crippen LogP contribution is -2.45. The topological polar surface area (TPSA) is 55.1 Å². The molecule has 0 heterocycles. The highest BCUT2D eigenvalue weighted by molar-refractivity contribution is 5.80. The van der Waals surface area contributed by atoms with E-state index in [-0.39, 0.29) is 29.7 Å². The van der Waals surface area contributed by atoms with Crippen LogP contribution in [0.1, 0.15) is 37.8 Å². The van der Waals surface area contributed by atoms with Crippen molar-refractivity contribution in [2.75, 3.05) is 0 Å². The van der Waals surface area contributed by atoms with Crippen molar-refractivity contribution in [3.63, 3.8) is 0 Å². The van der Waals surface area contributed by atoms with Gasteiger partial charge in [-0.1, -0.05) is 12.1 Å². The molecule has 4 heteroatoms. The number of halogens is 1. The molecule has 0 spiro atoms. The van der Waals surface area contributed by atoms with Gasteiger partial charge >= 0.3 is 0 Å². The molecule has 2 saturated carbocycles. The number of amides is 1. The van der Waals surface area contributed by atoms with Crippen LogP contribution in [-0.2, 0) is 4.79 Å². The zero-order valence-electron chi connectivity index (χ0n) is 11.7. The Bertz CT molecular complexity index is 500. The number of carbonyl (C=O) groups excluding carboxylic acids is 1. The van der Waals surface area contributed by atoms with E-state index in [1.54, 1.807) is 12.1 Å². The first-order chi connectivity index (χ1) is 9.56. The van der Waals surface area contributed by atoms with Crippen LogP contribution in [0.4, 0.5) is 4.39 Å². The van der Waals surface area contributed by atoms with Crippen molar-refractivity contribution in [1.29, 1.82) is 0 Å². The van der Waals surface area contributed by atoms with E-state index in [1.165, 1.54) is 18.6 Å². The Balaban J connectivity index is 1.65. The third kappa shape index (κ3) is 2.33. The molecule has 1 aromatic rings. The predicted molar refractivity (Wildman–Crippen MR) is 75.3 cm³/mol. The molecule has 2 aliphatic carbocycles. The number of hydrogen-bond acceptors (Lipinski definition) is 2. The van der Waals surface area contributed by atoms with Crippen LogP contribution in [0.25, 0.3) is 0 Å². The zero-order chi connectivity index (χ0) is 14.3. The molecule has 0 saturated heterocycles. The monoisotopic (exact) mass is 276 g/mol. The average molecular weight is 276 g/mol. The van der Waals surface area contributed by atoms with Gasteiger partial charge in [0.1, 0.15) is 5.82 Å². The summed E-state index contributed by atoms with van der Waals surface area (Å²) in [6, 6.07) is 6.15. The second-order valence-corrected chi connectivity index (χ2v) is 6.22. The van der Waals surface area contributed by atoms with Gasteiger partial charge < -0.3 is 11.1 Å². The van der Waals surface area contributed by atoms with Crippen molar-refractivity contribution in [3.8, 4) is 0 Å². The summed E-state index contributed by atoms with van der Waals surface area (Å²) in [5.41, 5.74) is 7.10. The van der Waals surface area contributed by atoms with E-state index < -0.39 is 0 Å². The summed E-state index contributed by atoms with van der Waals surface area (Å²) >= 11 is 0. The summed E-state index contributed by atoms with van der Waals surface area (Å²) < 4.78 is 12.9. The fourth-order valence-corrected chi connectivity index (χ4v) is 3.87. The Morgan fingerprint density at radius 1 is 1.30 bits per heavy atom. The minimum atomic E-state index is -0.262. The van der Waals surface area contributed by atoms with Crippen molar-refractivity contribution in [1.82, 2.24) is 5.32 Å². The molecule has 2 aliphatic rings. The Morgan fingerprint density at radius 3 is 2.55 bits per heavy atom. The standard InChI is InChI=1S/C16H21FN2O/c1-9(10-4-6-13(17)7-5-10)19-16(20)14-11-2-3-12(8-11)15(14)18/h4-7,9,11-12,14-15H,2-3,8,18H2,1H3,(H,19,20)/t9-,11?,12?,14?,15?/m0/s1. The Morgan fingerprint density at radius 2 is 1.95 bits per heavy atom. The van der Waals surface area contributed by atoms with Crippen LogP contribution in [0.3, 0.4) is 0 Å². The quantitative estimate of drug-likeness (QED) is 0.890. The molecule has 3 nitrogen and oxygen atoms in total. The largest absolute Gasteiger partial charge is 0.349 e. The molecule has 0 radical (unpaired) electrons. The number of rotatable bonds is 3. The van der Waals surface area contributed by atoms with Crippen molar-refractivity contribution < 1.29 is 9.18 Å². The van der Waals surface area contributed by atoms with Crippen molar-refractivity contribution in [2.45, 2.75) is 38.3 Å². The van der Waals surface area contributed by atoms with Crippen LogP contribution < -0.4 is 11.1 Å². The van der Waals surface area contributed by atoms with Gasteiger partial charge in [-0.15, -0.1) is 0 Å². The third-order valence-electron chi connectivity index (χ3n) is 5.01. The highest BCUT2D eigenvalue weighted by Crippen LogP contribution is 2.47. The third-order valence-corrected chi connectivity index (χ3v) is 5.01. The zero-order valence-corrected chi connectivity index (χ0v) is 11.7. The Hall–Kier alpha value is -1.42. The lowest BCUT2D eigenvalue weighted by molar-refractivity contribution is -0.127.